The zero-order valence-electron chi connectivity index (χ0n) is 9.40. The van der Waals surface area contributed by atoms with Crippen LogP contribution in [-0.2, 0) is 0 Å². The molecule has 0 aliphatic rings. The van der Waals surface area contributed by atoms with Gasteiger partial charge in [-0.3, -0.25) is 0 Å². The highest BCUT2D eigenvalue weighted by molar-refractivity contribution is 9.10. The maximum atomic E-state index is 9.28. The van der Waals surface area contributed by atoms with Gasteiger partial charge in [-0.15, -0.1) is 23.1 Å². The van der Waals surface area contributed by atoms with Gasteiger partial charge in [0.05, 0.1) is 9.77 Å². The number of hydrogen-bond donors (Lipinski definition) is 0. The molecule has 1 heterocycles. The van der Waals surface area contributed by atoms with Gasteiger partial charge in [-0.05, 0) is 24.0 Å². The van der Waals surface area contributed by atoms with Crippen molar-refractivity contribution in [2.24, 2.45) is 0 Å². The zero-order chi connectivity index (χ0) is 13.1. The topological polar surface area (TPSA) is 47.6 Å². The third kappa shape index (κ3) is 2.30. The number of thiophene rings is 1. The summed E-state index contributed by atoms with van der Waals surface area (Å²) in [7, 11) is 0. The van der Waals surface area contributed by atoms with Crippen LogP contribution < -0.4 is 0 Å². The molecule has 0 atom stereocenters. The van der Waals surface area contributed by atoms with Gasteiger partial charge in [0.2, 0.25) is 0 Å². The summed E-state index contributed by atoms with van der Waals surface area (Å²) < 4.78 is 1.87. The minimum Gasteiger partial charge on any atom is -0.192 e. The Morgan fingerprint density at radius 1 is 1.17 bits per heavy atom. The van der Waals surface area contributed by atoms with Gasteiger partial charge in [0, 0.05) is 10.0 Å². The molecule has 0 unspecified atom stereocenters. The molecular weight excluding hydrogens is 328 g/mol. The van der Waals surface area contributed by atoms with Crippen LogP contribution in [0.4, 0.5) is 0 Å². The predicted octanol–water partition coefficient (Wildman–Crippen LogP) is 4.64. The lowest BCUT2D eigenvalue weighted by Gasteiger charge is -2.01. The second-order valence-corrected chi connectivity index (χ2v) is 6.41. The molecule has 2 aromatic rings. The Kier molecular flexibility index (Phi) is 4.08. The van der Waals surface area contributed by atoms with E-state index in [-0.39, 0.29) is 0 Å². The van der Waals surface area contributed by atoms with Crippen LogP contribution in [0.2, 0.25) is 0 Å². The van der Waals surface area contributed by atoms with Crippen LogP contribution in [0.15, 0.2) is 32.9 Å². The monoisotopic (exact) mass is 334 g/mol. The van der Waals surface area contributed by atoms with Gasteiger partial charge in [0.15, 0.2) is 0 Å². The van der Waals surface area contributed by atoms with Crippen LogP contribution in [0.5, 0.6) is 0 Å². The molecule has 0 spiro atoms. The molecule has 1 aromatic carbocycles. The first-order valence-corrected chi connectivity index (χ1v) is 7.81. The molecule has 0 bridgehead atoms. The first-order chi connectivity index (χ1) is 8.71. The van der Waals surface area contributed by atoms with E-state index in [1.165, 1.54) is 23.1 Å². The summed E-state index contributed by atoms with van der Waals surface area (Å²) in [6.45, 7) is 0. The zero-order valence-corrected chi connectivity index (χ0v) is 12.6. The van der Waals surface area contributed by atoms with Crippen molar-refractivity contribution < 1.29 is 0 Å². The number of nitrogens with zero attached hydrogens (tertiary/aromatic N) is 2. The minimum atomic E-state index is 0.596. The van der Waals surface area contributed by atoms with E-state index < -0.39 is 0 Å². The van der Waals surface area contributed by atoms with Gasteiger partial charge in [-0.25, -0.2) is 0 Å². The Morgan fingerprint density at radius 2 is 1.83 bits per heavy atom. The molecule has 18 heavy (non-hydrogen) atoms. The van der Waals surface area contributed by atoms with Crippen LogP contribution in [0.25, 0.3) is 11.1 Å². The fourth-order valence-electron chi connectivity index (χ4n) is 1.63. The second kappa shape index (κ2) is 5.58. The molecule has 1 aromatic heterocycles. The Balaban J connectivity index is 2.70. The highest BCUT2D eigenvalue weighted by Gasteiger charge is 2.18. The number of nitriles is 2. The van der Waals surface area contributed by atoms with Crippen molar-refractivity contribution in [2.45, 2.75) is 4.21 Å². The molecule has 0 radical (unpaired) electrons. The van der Waals surface area contributed by atoms with Gasteiger partial charge in [0.1, 0.15) is 17.0 Å². The molecule has 0 saturated carbocycles. The van der Waals surface area contributed by atoms with Crippen LogP contribution in [0.1, 0.15) is 10.4 Å². The lowest BCUT2D eigenvalue weighted by atomic mass is 10.0. The van der Waals surface area contributed by atoms with E-state index >= 15 is 0 Å². The number of hydrogen-bond acceptors (Lipinski definition) is 4. The van der Waals surface area contributed by atoms with E-state index in [2.05, 4.69) is 28.1 Å². The van der Waals surface area contributed by atoms with E-state index in [1.807, 2.05) is 30.5 Å². The van der Waals surface area contributed by atoms with Crippen molar-refractivity contribution in [1.29, 1.82) is 10.5 Å². The molecule has 2 nitrogen and oxygen atoms in total. The summed E-state index contributed by atoms with van der Waals surface area (Å²) in [5.74, 6) is 0. The summed E-state index contributed by atoms with van der Waals surface area (Å²) in [5.41, 5.74) is 2.26. The summed E-state index contributed by atoms with van der Waals surface area (Å²) in [6, 6.07) is 12.0. The third-order valence-electron chi connectivity index (χ3n) is 2.41. The van der Waals surface area contributed by atoms with Crippen LogP contribution in [-0.4, -0.2) is 6.26 Å². The first-order valence-electron chi connectivity index (χ1n) is 4.98. The fraction of sp³-hybridized carbons (Fsp3) is 0.0769. The Labute approximate surface area is 122 Å². The Hall–Kier alpha value is -1.27. The van der Waals surface area contributed by atoms with Gasteiger partial charge < -0.3 is 0 Å². The number of thioether (sulfide) groups is 1. The highest BCUT2D eigenvalue weighted by atomic mass is 79.9. The molecular formula is C13H7BrN2S2. The standard InChI is InChI=1S/C13H7BrN2S2/c1-17-13-10(6-15)12(11(7-16)18-13)8-2-4-9(14)5-3-8/h2-5H,1H3. The van der Waals surface area contributed by atoms with Crippen LogP contribution in [0, 0.1) is 22.7 Å². The molecule has 0 aliphatic heterocycles. The van der Waals surface area contributed by atoms with Gasteiger partial charge in [-0.1, -0.05) is 28.1 Å². The molecule has 2 rings (SSSR count). The quantitative estimate of drug-likeness (QED) is 0.751. The molecule has 0 saturated heterocycles. The van der Waals surface area contributed by atoms with E-state index in [4.69, 9.17) is 0 Å². The predicted molar refractivity (Wildman–Crippen MR) is 78.7 cm³/mol. The van der Waals surface area contributed by atoms with Crippen molar-refractivity contribution in [3.8, 4) is 23.3 Å². The smallest absolute Gasteiger partial charge is 0.115 e. The SMILES string of the molecule is CSc1sc(C#N)c(-c2ccc(Br)cc2)c1C#N. The van der Waals surface area contributed by atoms with E-state index in [1.54, 1.807) is 0 Å². The van der Waals surface area contributed by atoms with E-state index in [9.17, 15) is 10.5 Å². The third-order valence-corrected chi connectivity index (χ3v) is 5.15. The fourth-order valence-corrected chi connectivity index (χ4v) is 3.63. The molecule has 0 fully saturated rings. The first kappa shape index (κ1) is 13.2. The van der Waals surface area contributed by atoms with Crippen molar-refractivity contribution in [1.82, 2.24) is 0 Å². The average molecular weight is 335 g/mol. The molecule has 0 aliphatic carbocycles. The van der Waals surface area contributed by atoms with Gasteiger partial charge in [-0.2, -0.15) is 10.5 Å². The molecule has 0 amide bonds. The largest absolute Gasteiger partial charge is 0.192 e. The Morgan fingerprint density at radius 3 is 2.33 bits per heavy atom. The minimum absolute atomic E-state index is 0.596. The van der Waals surface area contributed by atoms with Crippen LogP contribution in [0.3, 0.4) is 0 Å². The molecule has 88 valence electrons. The summed E-state index contributed by atoms with van der Waals surface area (Å²) >= 11 is 6.26. The maximum Gasteiger partial charge on any atom is 0.115 e. The normalized spacial score (nSPS) is 9.78. The number of rotatable bonds is 2. The van der Waals surface area contributed by atoms with E-state index in [0.717, 1.165) is 19.8 Å². The van der Waals surface area contributed by atoms with Crippen molar-refractivity contribution >= 4 is 39.0 Å². The Bertz CT molecular complexity index is 660. The maximum absolute atomic E-state index is 9.28. The lowest BCUT2D eigenvalue weighted by molar-refractivity contribution is 1.45. The van der Waals surface area contributed by atoms with E-state index in [0.29, 0.717) is 10.4 Å². The van der Waals surface area contributed by atoms with Crippen molar-refractivity contribution in [3.63, 3.8) is 0 Å². The van der Waals surface area contributed by atoms with Crippen molar-refractivity contribution in [3.05, 3.63) is 39.2 Å². The van der Waals surface area contributed by atoms with Gasteiger partial charge >= 0.3 is 0 Å². The summed E-state index contributed by atoms with van der Waals surface area (Å²) in [4.78, 5) is 0.596. The summed E-state index contributed by atoms with van der Waals surface area (Å²) in [5, 5.41) is 18.5. The average Bonchev–Trinajstić information content (AvgIpc) is 2.77. The second-order valence-electron chi connectivity index (χ2n) is 3.40. The highest BCUT2D eigenvalue weighted by Crippen LogP contribution is 2.40. The molecule has 0 N–H and O–H groups in total. The van der Waals surface area contributed by atoms with Gasteiger partial charge in [0.25, 0.3) is 0 Å². The lowest BCUT2D eigenvalue weighted by Crippen LogP contribution is -1.83. The number of benzene rings is 1. The summed E-state index contributed by atoms with van der Waals surface area (Å²) in [6.07, 6.45) is 1.92. The van der Waals surface area contributed by atoms with Crippen LogP contribution >= 0.6 is 39.0 Å². The molecule has 5 heteroatoms. The number of halogens is 1. The van der Waals surface area contributed by atoms with Crippen molar-refractivity contribution in [2.75, 3.05) is 6.26 Å².